The molecule has 1 heterocycles. The maximum Gasteiger partial charge on any atom is 0.360 e. The lowest BCUT2D eigenvalue weighted by Gasteiger charge is -2.06. The van der Waals surface area contributed by atoms with E-state index in [1.807, 2.05) is 0 Å². The Morgan fingerprint density at radius 3 is 2.47 bits per heavy atom. The van der Waals surface area contributed by atoms with Crippen molar-refractivity contribution in [2.75, 3.05) is 0 Å². The highest BCUT2D eigenvalue weighted by Gasteiger charge is 2.22. The van der Waals surface area contributed by atoms with Gasteiger partial charge in [0, 0.05) is 6.07 Å². The molecule has 1 nitrogen and oxygen atoms in total. The second kappa shape index (κ2) is 4.33. The van der Waals surface area contributed by atoms with E-state index >= 15 is 0 Å². The number of fused-ring (bicyclic) bond motifs is 1. The van der Waals surface area contributed by atoms with Crippen molar-refractivity contribution in [2.45, 2.75) is 32.6 Å². The van der Waals surface area contributed by atoms with Gasteiger partial charge in [0.25, 0.3) is 0 Å². The third kappa shape index (κ3) is 2.10. The van der Waals surface area contributed by atoms with Gasteiger partial charge in [-0.05, 0) is 44.4 Å². The van der Waals surface area contributed by atoms with Crippen molar-refractivity contribution in [3.63, 3.8) is 0 Å². The molecule has 0 spiro atoms. The summed E-state index contributed by atoms with van der Waals surface area (Å²) in [7, 11) is 0. The van der Waals surface area contributed by atoms with Gasteiger partial charge < -0.3 is 0 Å². The molecule has 0 N–H and O–H groups in total. The van der Waals surface area contributed by atoms with E-state index in [-0.39, 0.29) is 0 Å². The van der Waals surface area contributed by atoms with Crippen LogP contribution in [0.2, 0.25) is 0 Å². The number of rotatable bonds is 1. The smallest absolute Gasteiger partial charge is 0.212 e. The molecule has 1 heteroatoms. The van der Waals surface area contributed by atoms with Crippen molar-refractivity contribution in [3.8, 4) is 11.3 Å². The van der Waals surface area contributed by atoms with Gasteiger partial charge in [-0.1, -0.05) is 17.7 Å². The van der Waals surface area contributed by atoms with Crippen LogP contribution in [0.4, 0.5) is 0 Å². The van der Waals surface area contributed by atoms with E-state index in [1.165, 1.54) is 41.7 Å². The number of aryl methyl sites for hydroxylation is 3. The molecule has 0 aliphatic heterocycles. The molecule has 0 saturated heterocycles. The highest BCUT2D eigenvalue weighted by atomic mass is 16.3. The van der Waals surface area contributed by atoms with Crippen molar-refractivity contribution in [1.29, 1.82) is 0 Å². The first-order valence-corrected chi connectivity index (χ1v) is 6.35. The summed E-state index contributed by atoms with van der Waals surface area (Å²) < 4.78 is 6.03. The van der Waals surface area contributed by atoms with Crippen LogP contribution in [-0.4, -0.2) is 0 Å². The van der Waals surface area contributed by atoms with Crippen LogP contribution in [0, 0.1) is 6.92 Å². The molecule has 0 bridgehead atoms. The molecular weight excluding hydrogens is 208 g/mol. The van der Waals surface area contributed by atoms with Crippen molar-refractivity contribution in [3.05, 3.63) is 53.3 Å². The molecule has 0 fully saturated rings. The van der Waals surface area contributed by atoms with Crippen molar-refractivity contribution < 1.29 is 4.42 Å². The van der Waals surface area contributed by atoms with Gasteiger partial charge in [-0.25, -0.2) is 4.42 Å². The van der Waals surface area contributed by atoms with Gasteiger partial charge in [-0.15, -0.1) is 0 Å². The van der Waals surface area contributed by atoms with Crippen LogP contribution in [-0.2, 0) is 12.8 Å². The molecule has 0 atom stereocenters. The summed E-state index contributed by atoms with van der Waals surface area (Å²) in [5.41, 5.74) is 3.85. The molecule has 3 rings (SSSR count). The third-order valence-corrected chi connectivity index (χ3v) is 3.46. The second-order valence-electron chi connectivity index (χ2n) is 4.82. The van der Waals surface area contributed by atoms with E-state index in [0.29, 0.717) is 0 Å². The Morgan fingerprint density at radius 2 is 1.65 bits per heavy atom. The molecule has 86 valence electrons. The third-order valence-electron chi connectivity index (χ3n) is 3.46. The van der Waals surface area contributed by atoms with E-state index in [0.717, 1.165) is 12.2 Å². The molecule has 0 amide bonds. The summed E-state index contributed by atoms with van der Waals surface area (Å²) in [5, 5.41) is 0. The van der Waals surface area contributed by atoms with Crippen molar-refractivity contribution in [1.82, 2.24) is 0 Å². The highest BCUT2D eigenvalue weighted by molar-refractivity contribution is 5.57. The van der Waals surface area contributed by atoms with E-state index < -0.39 is 0 Å². The van der Waals surface area contributed by atoms with Crippen molar-refractivity contribution in [2.24, 2.45) is 0 Å². The quantitative estimate of drug-likeness (QED) is 0.654. The lowest BCUT2D eigenvalue weighted by Crippen LogP contribution is -2.02. The Kier molecular flexibility index (Phi) is 2.68. The molecule has 17 heavy (non-hydrogen) atoms. The summed E-state index contributed by atoms with van der Waals surface area (Å²) in [6, 6.07) is 12.9. The van der Waals surface area contributed by atoms with Crippen LogP contribution < -0.4 is 0 Å². The summed E-state index contributed by atoms with van der Waals surface area (Å²) in [6.07, 6.45) is 4.82. The lowest BCUT2D eigenvalue weighted by molar-refractivity contribution is 0.465. The predicted octanol–water partition coefficient (Wildman–Crippen LogP) is 4.41. The minimum atomic E-state index is 0.991. The van der Waals surface area contributed by atoms with Crippen molar-refractivity contribution >= 4 is 0 Å². The minimum absolute atomic E-state index is 0.991. The molecule has 1 aromatic heterocycles. The first-order chi connectivity index (χ1) is 8.33. The van der Waals surface area contributed by atoms with Gasteiger partial charge >= 0.3 is 11.5 Å². The van der Waals surface area contributed by atoms with Crippen LogP contribution in [0.1, 0.15) is 29.7 Å². The maximum absolute atomic E-state index is 6.03. The molecule has 2 aromatic rings. The summed E-state index contributed by atoms with van der Waals surface area (Å²) in [5.74, 6) is 2.18. The summed E-state index contributed by atoms with van der Waals surface area (Å²) in [4.78, 5) is 0. The zero-order valence-electron chi connectivity index (χ0n) is 10.2. The number of benzene rings is 1. The zero-order chi connectivity index (χ0) is 11.7. The number of hydrogen-bond acceptors (Lipinski definition) is 0. The minimum Gasteiger partial charge on any atom is -0.212 e. The zero-order valence-corrected chi connectivity index (χ0v) is 10.2. The van der Waals surface area contributed by atoms with E-state index in [9.17, 15) is 0 Å². The van der Waals surface area contributed by atoms with Crippen LogP contribution in [0.5, 0.6) is 0 Å². The molecular formula is C16H17O+. The van der Waals surface area contributed by atoms with Gasteiger partial charge in [0.1, 0.15) is 0 Å². The second-order valence-corrected chi connectivity index (χ2v) is 4.82. The van der Waals surface area contributed by atoms with Gasteiger partial charge in [0.2, 0.25) is 0 Å². The maximum atomic E-state index is 6.03. The highest BCUT2D eigenvalue weighted by Crippen LogP contribution is 2.27. The van der Waals surface area contributed by atoms with E-state index in [4.69, 9.17) is 4.42 Å². The van der Waals surface area contributed by atoms with Crippen LogP contribution in [0.3, 0.4) is 0 Å². The van der Waals surface area contributed by atoms with Gasteiger partial charge in [0.15, 0.2) is 0 Å². The van der Waals surface area contributed by atoms with Gasteiger partial charge in [0.05, 0.1) is 17.5 Å². The first-order valence-electron chi connectivity index (χ1n) is 6.35. The van der Waals surface area contributed by atoms with Crippen LogP contribution in [0.25, 0.3) is 11.3 Å². The van der Waals surface area contributed by atoms with Gasteiger partial charge in [-0.3, -0.25) is 0 Å². The van der Waals surface area contributed by atoms with Crippen LogP contribution >= 0.6 is 0 Å². The average molecular weight is 225 g/mol. The predicted molar refractivity (Wildman–Crippen MR) is 69.9 cm³/mol. The Bertz CT molecular complexity index is 526. The Balaban J connectivity index is 2.01. The number of hydrogen-bond donors (Lipinski definition) is 0. The molecule has 0 unspecified atom stereocenters. The fourth-order valence-corrected chi connectivity index (χ4v) is 2.41. The first kappa shape index (κ1) is 10.5. The SMILES string of the molecule is Cc1ccc(-c2ccc3c([o+]2)CCCC3)cc1. The van der Waals surface area contributed by atoms with E-state index in [2.05, 4.69) is 43.3 Å². The average Bonchev–Trinajstić information content (AvgIpc) is 2.39. The summed E-state index contributed by atoms with van der Waals surface area (Å²) in [6.45, 7) is 2.10. The fourth-order valence-electron chi connectivity index (χ4n) is 2.41. The fraction of sp³-hybridized carbons (Fsp3) is 0.312. The molecule has 0 radical (unpaired) electrons. The molecule has 1 aliphatic carbocycles. The summed E-state index contributed by atoms with van der Waals surface area (Å²) >= 11 is 0. The largest absolute Gasteiger partial charge is 0.360 e. The van der Waals surface area contributed by atoms with E-state index in [1.54, 1.807) is 0 Å². The standard InChI is InChI=1S/C16H17O/c1-12-6-8-14(9-7-12)16-11-10-13-4-2-3-5-15(13)17-16/h6-11H,2-5H2,1H3/q+1. The lowest BCUT2D eigenvalue weighted by atomic mass is 9.97. The normalized spacial score (nSPS) is 14.4. The molecule has 1 aliphatic rings. The Labute approximate surface area is 102 Å². The Morgan fingerprint density at radius 1 is 0.882 bits per heavy atom. The van der Waals surface area contributed by atoms with Gasteiger partial charge in [-0.2, -0.15) is 0 Å². The molecule has 0 saturated carbocycles. The van der Waals surface area contributed by atoms with Crippen LogP contribution in [0.15, 0.2) is 40.8 Å². The topological polar surface area (TPSA) is 11.3 Å². The monoisotopic (exact) mass is 225 g/mol. The molecule has 1 aromatic carbocycles. The Hall–Kier alpha value is -1.63.